The van der Waals surface area contributed by atoms with E-state index in [2.05, 4.69) is 10.5 Å². The molecule has 0 radical (unpaired) electrons. The first kappa shape index (κ1) is 13.7. The minimum Gasteiger partial charge on any atom is -0.278 e. The molecule has 0 heterocycles. The fourth-order valence-electron chi connectivity index (χ4n) is 1.75. The molecule has 102 valence electrons. The monoisotopic (exact) mass is 269 g/mol. The Morgan fingerprint density at radius 3 is 2.65 bits per heavy atom. The Bertz CT molecular complexity index is 666. The van der Waals surface area contributed by atoms with E-state index in [1.54, 1.807) is 12.1 Å². The summed E-state index contributed by atoms with van der Waals surface area (Å²) in [7, 11) is 0. The number of non-ortho nitro benzene ring substituents is 1. The van der Waals surface area contributed by atoms with Crippen LogP contribution in [0.1, 0.15) is 18.1 Å². The lowest BCUT2D eigenvalue weighted by Gasteiger charge is -2.06. The smallest absolute Gasteiger partial charge is 0.270 e. The fourth-order valence-corrected chi connectivity index (χ4v) is 1.75. The van der Waals surface area contributed by atoms with E-state index in [1.165, 1.54) is 12.1 Å². The summed E-state index contributed by atoms with van der Waals surface area (Å²) in [5.74, 6) is 0. The van der Waals surface area contributed by atoms with E-state index in [4.69, 9.17) is 0 Å². The highest BCUT2D eigenvalue weighted by atomic mass is 16.6. The zero-order valence-electron chi connectivity index (χ0n) is 11.3. The summed E-state index contributed by atoms with van der Waals surface area (Å²) in [5, 5.41) is 15.0. The van der Waals surface area contributed by atoms with E-state index in [-0.39, 0.29) is 5.69 Å². The molecule has 0 amide bonds. The molecule has 0 aliphatic carbocycles. The number of nitrogens with zero attached hydrogens (tertiary/aromatic N) is 2. The molecule has 0 atom stereocenters. The van der Waals surface area contributed by atoms with E-state index >= 15 is 0 Å². The zero-order valence-corrected chi connectivity index (χ0v) is 11.3. The molecule has 0 spiro atoms. The average Bonchev–Trinajstić information content (AvgIpc) is 2.46. The van der Waals surface area contributed by atoms with Gasteiger partial charge in [-0.15, -0.1) is 0 Å². The molecule has 5 heteroatoms. The normalized spacial score (nSPS) is 11.2. The molecule has 2 rings (SSSR count). The van der Waals surface area contributed by atoms with Gasteiger partial charge in [-0.2, -0.15) is 5.10 Å². The fraction of sp³-hybridized carbons (Fsp3) is 0.133. The van der Waals surface area contributed by atoms with Gasteiger partial charge in [-0.25, -0.2) is 0 Å². The van der Waals surface area contributed by atoms with Gasteiger partial charge >= 0.3 is 0 Å². The van der Waals surface area contributed by atoms with Gasteiger partial charge in [0.15, 0.2) is 0 Å². The highest BCUT2D eigenvalue weighted by Gasteiger charge is 2.07. The Hall–Kier alpha value is -2.69. The summed E-state index contributed by atoms with van der Waals surface area (Å²) in [4.78, 5) is 10.3. The van der Waals surface area contributed by atoms with Crippen LogP contribution in [0.4, 0.5) is 11.4 Å². The number of para-hydroxylation sites is 1. The van der Waals surface area contributed by atoms with Gasteiger partial charge in [0.25, 0.3) is 5.69 Å². The van der Waals surface area contributed by atoms with Crippen LogP contribution >= 0.6 is 0 Å². The number of nitrogens with one attached hydrogen (secondary N) is 1. The highest BCUT2D eigenvalue weighted by Crippen LogP contribution is 2.16. The van der Waals surface area contributed by atoms with Crippen molar-refractivity contribution in [3.63, 3.8) is 0 Å². The molecular formula is C15H15N3O2. The molecule has 2 aromatic carbocycles. The summed E-state index contributed by atoms with van der Waals surface area (Å²) >= 11 is 0. The van der Waals surface area contributed by atoms with Gasteiger partial charge in [-0.3, -0.25) is 15.5 Å². The van der Waals surface area contributed by atoms with Crippen molar-refractivity contribution in [1.82, 2.24) is 0 Å². The third kappa shape index (κ3) is 3.20. The van der Waals surface area contributed by atoms with Crippen LogP contribution in [0.15, 0.2) is 53.6 Å². The van der Waals surface area contributed by atoms with Crippen LogP contribution in [-0.2, 0) is 0 Å². The van der Waals surface area contributed by atoms with Gasteiger partial charge in [0, 0.05) is 17.7 Å². The number of anilines is 1. The molecule has 20 heavy (non-hydrogen) atoms. The lowest BCUT2D eigenvalue weighted by atomic mass is 10.1. The molecule has 0 saturated carbocycles. The summed E-state index contributed by atoms with van der Waals surface area (Å²) in [5.41, 5.74) is 6.46. The molecule has 0 aromatic heterocycles. The molecular weight excluding hydrogens is 254 g/mol. The lowest BCUT2D eigenvalue weighted by Crippen LogP contribution is -2.01. The van der Waals surface area contributed by atoms with Crippen LogP contribution in [0.25, 0.3) is 0 Å². The number of rotatable bonds is 4. The molecule has 2 aromatic rings. The van der Waals surface area contributed by atoms with Crippen molar-refractivity contribution in [2.45, 2.75) is 13.8 Å². The maximum absolute atomic E-state index is 10.7. The molecule has 0 aliphatic rings. The molecule has 0 fully saturated rings. The summed E-state index contributed by atoms with van der Waals surface area (Å²) in [6.45, 7) is 3.80. The number of hydrogen-bond donors (Lipinski definition) is 1. The Labute approximate surface area is 117 Å². The zero-order chi connectivity index (χ0) is 14.5. The summed E-state index contributed by atoms with van der Waals surface area (Å²) in [6, 6.07) is 14.2. The van der Waals surface area contributed by atoms with Crippen molar-refractivity contribution < 1.29 is 4.92 Å². The first-order chi connectivity index (χ1) is 9.58. The van der Waals surface area contributed by atoms with Crippen LogP contribution < -0.4 is 5.43 Å². The summed E-state index contributed by atoms with van der Waals surface area (Å²) in [6.07, 6.45) is 0. The van der Waals surface area contributed by atoms with Crippen molar-refractivity contribution >= 4 is 17.1 Å². The first-order valence-electron chi connectivity index (χ1n) is 6.18. The van der Waals surface area contributed by atoms with Crippen molar-refractivity contribution in [3.05, 3.63) is 69.8 Å². The molecule has 0 unspecified atom stereocenters. The molecule has 0 saturated heterocycles. The Kier molecular flexibility index (Phi) is 4.10. The van der Waals surface area contributed by atoms with Gasteiger partial charge in [0.1, 0.15) is 0 Å². The van der Waals surface area contributed by atoms with E-state index in [0.717, 1.165) is 16.8 Å². The summed E-state index contributed by atoms with van der Waals surface area (Å²) < 4.78 is 0. The predicted octanol–water partition coefficient (Wildman–Crippen LogP) is 3.74. The third-order valence-electron chi connectivity index (χ3n) is 2.96. The Morgan fingerprint density at radius 2 is 1.95 bits per heavy atom. The number of benzene rings is 2. The second kappa shape index (κ2) is 5.97. The van der Waals surface area contributed by atoms with Gasteiger partial charge < -0.3 is 0 Å². The van der Waals surface area contributed by atoms with E-state index in [9.17, 15) is 10.1 Å². The molecule has 5 nitrogen and oxygen atoms in total. The standard InChI is InChI=1S/C15H15N3O2/c1-11-6-3-4-9-15(11)17-16-12(2)13-7-5-8-14(10-13)18(19)20/h3-10,17H,1-2H3/b16-12-. The topological polar surface area (TPSA) is 67.5 Å². The first-order valence-corrected chi connectivity index (χ1v) is 6.18. The van der Waals surface area contributed by atoms with Crippen LogP contribution in [0.2, 0.25) is 0 Å². The van der Waals surface area contributed by atoms with E-state index in [1.807, 2.05) is 38.1 Å². The minimum absolute atomic E-state index is 0.0629. The number of hydrazone groups is 1. The maximum atomic E-state index is 10.7. The highest BCUT2D eigenvalue weighted by molar-refractivity contribution is 5.99. The van der Waals surface area contributed by atoms with Gasteiger partial charge in [0.2, 0.25) is 0 Å². The Balaban J connectivity index is 2.21. The van der Waals surface area contributed by atoms with Gasteiger partial charge in [-0.05, 0) is 25.5 Å². The quantitative estimate of drug-likeness (QED) is 0.522. The second-order valence-corrected chi connectivity index (χ2v) is 4.43. The van der Waals surface area contributed by atoms with Crippen LogP contribution in [0.5, 0.6) is 0 Å². The molecule has 0 aliphatic heterocycles. The Morgan fingerprint density at radius 1 is 1.20 bits per heavy atom. The van der Waals surface area contributed by atoms with Gasteiger partial charge in [-0.1, -0.05) is 30.3 Å². The van der Waals surface area contributed by atoms with Crippen molar-refractivity contribution in [2.75, 3.05) is 5.43 Å². The number of hydrogen-bond acceptors (Lipinski definition) is 4. The number of nitro groups is 1. The number of aryl methyl sites for hydroxylation is 1. The van der Waals surface area contributed by atoms with Gasteiger partial charge in [0.05, 0.1) is 16.3 Å². The van der Waals surface area contributed by atoms with Crippen molar-refractivity contribution in [3.8, 4) is 0 Å². The van der Waals surface area contributed by atoms with Crippen LogP contribution in [0.3, 0.4) is 0 Å². The van der Waals surface area contributed by atoms with E-state index in [0.29, 0.717) is 5.71 Å². The largest absolute Gasteiger partial charge is 0.278 e. The van der Waals surface area contributed by atoms with Crippen LogP contribution in [0, 0.1) is 17.0 Å². The second-order valence-electron chi connectivity index (χ2n) is 4.43. The van der Waals surface area contributed by atoms with Crippen molar-refractivity contribution in [2.24, 2.45) is 5.10 Å². The number of nitro benzene ring substituents is 1. The van der Waals surface area contributed by atoms with Crippen LogP contribution in [-0.4, -0.2) is 10.6 Å². The third-order valence-corrected chi connectivity index (χ3v) is 2.96. The average molecular weight is 269 g/mol. The minimum atomic E-state index is -0.411. The predicted molar refractivity (Wildman–Crippen MR) is 80.1 cm³/mol. The van der Waals surface area contributed by atoms with E-state index < -0.39 is 4.92 Å². The molecule has 0 bridgehead atoms. The lowest BCUT2D eigenvalue weighted by molar-refractivity contribution is -0.384. The van der Waals surface area contributed by atoms with Crippen molar-refractivity contribution in [1.29, 1.82) is 0 Å². The maximum Gasteiger partial charge on any atom is 0.270 e. The SMILES string of the molecule is C/C(=N/Nc1ccccc1C)c1cccc([N+](=O)[O-])c1. The molecule has 1 N–H and O–H groups in total.